The van der Waals surface area contributed by atoms with Crippen molar-refractivity contribution in [2.45, 2.75) is 83.6 Å². The van der Waals surface area contributed by atoms with Crippen molar-refractivity contribution < 1.29 is 9.53 Å². The topological polar surface area (TPSA) is 69.0 Å². The molecule has 1 amide bonds. The summed E-state index contributed by atoms with van der Waals surface area (Å²) in [7, 11) is 0. The third-order valence-corrected chi connectivity index (χ3v) is 6.54. The largest absolute Gasteiger partial charge is 0.485 e. The molecule has 1 heterocycles. The van der Waals surface area contributed by atoms with Gasteiger partial charge in [0.15, 0.2) is 11.0 Å². The Balaban J connectivity index is 1.54. The number of ether oxygens (including phenoxy) is 1. The van der Waals surface area contributed by atoms with Crippen LogP contribution in [0.2, 0.25) is 0 Å². The summed E-state index contributed by atoms with van der Waals surface area (Å²) in [5, 5.41) is 12.5. The van der Waals surface area contributed by atoms with Crippen molar-refractivity contribution in [3.63, 3.8) is 0 Å². The molecule has 3 rings (SSSR count). The summed E-state index contributed by atoms with van der Waals surface area (Å²) in [6.07, 6.45) is 7.20. The van der Waals surface area contributed by atoms with Crippen molar-refractivity contribution in [2.75, 3.05) is 5.75 Å². The molecule has 1 aliphatic rings. The number of thioether (sulfide) groups is 1. The molecule has 0 atom stereocenters. The maximum absolute atomic E-state index is 12.4. The van der Waals surface area contributed by atoms with Crippen LogP contribution in [0.5, 0.6) is 5.75 Å². The van der Waals surface area contributed by atoms with Crippen molar-refractivity contribution in [3.8, 4) is 5.75 Å². The molecule has 1 fully saturated rings. The predicted molar refractivity (Wildman–Crippen MR) is 116 cm³/mol. The minimum Gasteiger partial charge on any atom is -0.485 e. The molecule has 7 heteroatoms. The van der Waals surface area contributed by atoms with Crippen LogP contribution < -0.4 is 10.1 Å². The highest BCUT2D eigenvalue weighted by Gasteiger charge is 2.17. The second-order valence-corrected chi connectivity index (χ2v) is 8.62. The normalized spacial score (nSPS) is 15.1. The van der Waals surface area contributed by atoms with Gasteiger partial charge in [0.05, 0.1) is 5.75 Å². The number of hydrogen-bond acceptors (Lipinski definition) is 5. The lowest BCUT2D eigenvalue weighted by Gasteiger charge is -2.16. The molecule has 29 heavy (non-hydrogen) atoms. The van der Waals surface area contributed by atoms with E-state index in [1.54, 1.807) is 0 Å². The van der Waals surface area contributed by atoms with E-state index in [0.717, 1.165) is 41.7 Å². The molecule has 0 bridgehead atoms. The van der Waals surface area contributed by atoms with E-state index in [9.17, 15) is 4.79 Å². The van der Waals surface area contributed by atoms with Gasteiger partial charge in [0.25, 0.3) is 0 Å². The zero-order valence-electron chi connectivity index (χ0n) is 17.7. The van der Waals surface area contributed by atoms with Crippen molar-refractivity contribution in [2.24, 2.45) is 0 Å². The van der Waals surface area contributed by atoms with Crippen molar-refractivity contribution in [1.82, 2.24) is 20.1 Å². The van der Waals surface area contributed by atoms with Crippen LogP contribution in [-0.4, -0.2) is 32.5 Å². The molecule has 1 aromatic carbocycles. The van der Waals surface area contributed by atoms with Gasteiger partial charge >= 0.3 is 0 Å². The zero-order valence-corrected chi connectivity index (χ0v) is 18.6. The average Bonchev–Trinajstić information content (AvgIpc) is 2.93. The fourth-order valence-corrected chi connectivity index (χ4v) is 4.53. The highest BCUT2D eigenvalue weighted by molar-refractivity contribution is 7.99. The van der Waals surface area contributed by atoms with Crippen LogP contribution in [0, 0.1) is 13.8 Å². The lowest BCUT2D eigenvalue weighted by atomic mass is 10.1. The first-order valence-corrected chi connectivity index (χ1v) is 11.6. The molecule has 0 aliphatic heterocycles. The summed E-state index contributed by atoms with van der Waals surface area (Å²) in [4.78, 5) is 12.4. The fourth-order valence-electron chi connectivity index (χ4n) is 3.70. The first-order valence-electron chi connectivity index (χ1n) is 10.6. The quantitative estimate of drug-likeness (QED) is 0.509. The predicted octanol–water partition coefficient (Wildman–Crippen LogP) is 4.42. The van der Waals surface area contributed by atoms with E-state index in [1.807, 2.05) is 16.7 Å². The number of hydrogen-bond donors (Lipinski definition) is 1. The highest BCUT2D eigenvalue weighted by Crippen LogP contribution is 2.23. The lowest BCUT2D eigenvalue weighted by molar-refractivity contribution is -0.119. The maximum atomic E-state index is 12.4. The lowest BCUT2D eigenvalue weighted by Crippen LogP contribution is -2.35. The van der Waals surface area contributed by atoms with Gasteiger partial charge in [0.2, 0.25) is 5.91 Å². The molecule has 1 N–H and O–H groups in total. The van der Waals surface area contributed by atoms with Crippen LogP contribution in [0.1, 0.15) is 62.4 Å². The molecule has 0 spiro atoms. The SMILES string of the molecule is CCn1c(COc2cccc(C)c2C)nnc1SCC(=O)NC1CCCCCC1. The number of carbonyl (C=O) groups excluding carboxylic acids is 1. The molecule has 0 unspecified atom stereocenters. The first-order chi connectivity index (χ1) is 14.1. The van der Waals surface area contributed by atoms with Gasteiger partial charge in [-0.15, -0.1) is 10.2 Å². The minimum absolute atomic E-state index is 0.0840. The molecule has 158 valence electrons. The number of rotatable bonds is 8. The number of amides is 1. The Morgan fingerprint density at radius 1 is 1.21 bits per heavy atom. The Morgan fingerprint density at radius 3 is 2.69 bits per heavy atom. The second kappa shape index (κ2) is 10.7. The molecule has 1 saturated carbocycles. The number of carbonyl (C=O) groups is 1. The number of benzene rings is 1. The Morgan fingerprint density at radius 2 is 1.97 bits per heavy atom. The van der Waals surface area contributed by atoms with E-state index >= 15 is 0 Å². The molecule has 6 nitrogen and oxygen atoms in total. The van der Waals surface area contributed by atoms with Crippen LogP contribution in [0.25, 0.3) is 0 Å². The number of aromatic nitrogens is 3. The van der Waals surface area contributed by atoms with Gasteiger partial charge in [0.1, 0.15) is 12.4 Å². The average molecular weight is 417 g/mol. The number of nitrogens with zero attached hydrogens (tertiary/aromatic N) is 3. The standard InChI is InChI=1S/C22H32N4O2S/c1-4-26-20(14-28-19-13-9-10-16(2)17(19)3)24-25-22(26)29-15-21(27)23-18-11-7-5-6-8-12-18/h9-10,13,18H,4-8,11-12,14-15H2,1-3H3,(H,23,27). The molecular weight excluding hydrogens is 384 g/mol. The molecule has 1 aliphatic carbocycles. The first kappa shape index (κ1) is 21.7. The third-order valence-electron chi connectivity index (χ3n) is 5.57. The highest BCUT2D eigenvalue weighted by atomic mass is 32.2. The summed E-state index contributed by atoms with van der Waals surface area (Å²) in [6, 6.07) is 6.38. The van der Waals surface area contributed by atoms with E-state index in [4.69, 9.17) is 4.74 Å². The summed E-state index contributed by atoms with van der Waals surface area (Å²) in [6.45, 7) is 7.29. The minimum atomic E-state index is 0.0840. The van der Waals surface area contributed by atoms with Crippen molar-refractivity contribution in [3.05, 3.63) is 35.2 Å². The van der Waals surface area contributed by atoms with Gasteiger partial charge in [-0.3, -0.25) is 4.79 Å². The Bertz CT molecular complexity index is 813. The maximum Gasteiger partial charge on any atom is 0.230 e. The molecule has 2 aromatic rings. The monoisotopic (exact) mass is 416 g/mol. The summed E-state index contributed by atoms with van der Waals surface area (Å²) in [5.74, 6) is 2.10. The fraction of sp³-hybridized carbons (Fsp3) is 0.591. The van der Waals surface area contributed by atoms with Crippen LogP contribution in [0.3, 0.4) is 0 Å². The van der Waals surface area contributed by atoms with E-state index in [1.165, 1.54) is 43.0 Å². The summed E-state index contributed by atoms with van der Waals surface area (Å²) >= 11 is 1.44. The van der Waals surface area contributed by atoms with E-state index in [-0.39, 0.29) is 5.91 Å². The van der Waals surface area contributed by atoms with Crippen LogP contribution >= 0.6 is 11.8 Å². The zero-order chi connectivity index (χ0) is 20.6. The van der Waals surface area contributed by atoms with Gasteiger partial charge in [0, 0.05) is 12.6 Å². The van der Waals surface area contributed by atoms with Crippen molar-refractivity contribution >= 4 is 17.7 Å². The molecule has 0 saturated heterocycles. The summed E-state index contributed by atoms with van der Waals surface area (Å²) in [5.41, 5.74) is 2.34. The van der Waals surface area contributed by atoms with Gasteiger partial charge in [-0.2, -0.15) is 0 Å². The summed E-state index contributed by atoms with van der Waals surface area (Å²) < 4.78 is 8.01. The number of aryl methyl sites for hydroxylation is 1. The number of nitrogens with one attached hydrogen (secondary N) is 1. The molecular formula is C22H32N4O2S. The van der Waals surface area contributed by atoms with Gasteiger partial charge in [-0.05, 0) is 50.8 Å². The Labute approximate surface area is 177 Å². The van der Waals surface area contributed by atoms with Crippen LogP contribution in [-0.2, 0) is 17.9 Å². The molecule has 0 radical (unpaired) electrons. The van der Waals surface area contributed by atoms with Gasteiger partial charge in [-0.1, -0.05) is 49.6 Å². The van der Waals surface area contributed by atoms with Crippen LogP contribution in [0.15, 0.2) is 23.4 Å². The van der Waals surface area contributed by atoms with Gasteiger partial charge in [-0.25, -0.2) is 0 Å². The Kier molecular flexibility index (Phi) is 7.98. The Hall–Kier alpha value is -2.02. The van der Waals surface area contributed by atoms with Crippen molar-refractivity contribution in [1.29, 1.82) is 0 Å². The van der Waals surface area contributed by atoms with E-state index in [0.29, 0.717) is 18.4 Å². The van der Waals surface area contributed by atoms with E-state index in [2.05, 4.69) is 42.4 Å². The van der Waals surface area contributed by atoms with Gasteiger partial charge < -0.3 is 14.6 Å². The van der Waals surface area contributed by atoms with E-state index < -0.39 is 0 Å². The second-order valence-electron chi connectivity index (χ2n) is 7.67. The van der Waals surface area contributed by atoms with Crippen LogP contribution in [0.4, 0.5) is 0 Å². The molecule has 1 aromatic heterocycles. The smallest absolute Gasteiger partial charge is 0.230 e. The third kappa shape index (κ3) is 5.98.